The lowest BCUT2D eigenvalue weighted by Gasteiger charge is -2.23. The number of anilines is 1. The molecule has 0 saturated carbocycles. The highest BCUT2D eigenvalue weighted by atomic mass is 19.3. The molecule has 27 heavy (non-hydrogen) atoms. The second-order valence-electron chi connectivity index (χ2n) is 6.86. The molecule has 0 aromatic carbocycles. The molecular formula is C18H23F2N5O2. The Hall–Kier alpha value is -2.97. The SMILES string of the molecule is C=CCC(NC(=O)OC(C)(C)C)c1cc(-c2c(N)cnn2C(F)F)ccn1. The van der Waals surface area contributed by atoms with Gasteiger partial charge in [-0.25, -0.2) is 9.48 Å². The third-order valence-corrected chi connectivity index (χ3v) is 3.51. The highest BCUT2D eigenvalue weighted by molar-refractivity contribution is 5.73. The molecule has 7 nitrogen and oxygen atoms in total. The van der Waals surface area contributed by atoms with Gasteiger partial charge in [-0.2, -0.15) is 13.9 Å². The Morgan fingerprint density at radius 2 is 2.19 bits per heavy atom. The van der Waals surface area contributed by atoms with Gasteiger partial charge < -0.3 is 15.8 Å². The van der Waals surface area contributed by atoms with Crippen molar-refractivity contribution in [2.24, 2.45) is 0 Å². The van der Waals surface area contributed by atoms with E-state index in [2.05, 4.69) is 22.0 Å². The molecule has 0 spiro atoms. The summed E-state index contributed by atoms with van der Waals surface area (Å²) in [5.41, 5.74) is 6.22. The Morgan fingerprint density at radius 1 is 1.48 bits per heavy atom. The van der Waals surface area contributed by atoms with E-state index in [1.165, 1.54) is 12.4 Å². The first-order chi connectivity index (χ1) is 12.6. The van der Waals surface area contributed by atoms with Gasteiger partial charge in [0.15, 0.2) is 0 Å². The minimum atomic E-state index is -2.84. The molecule has 0 fully saturated rings. The molecule has 2 rings (SSSR count). The van der Waals surface area contributed by atoms with Gasteiger partial charge in [0.2, 0.25) is 0 Å². The van der Waals surface area contributed by atoms with Crippen molar-refractivity contribution < 1.29 is 18.3 Å². The van der Waals surface area contributed by atoms with Gasteiger partial charge in [0, 0.05) is 11.8 Å². The lowest BCUT2D eigenvalue weighted by atomic mass is 10.1. The van der Waals surface area contributed by atoms with Gasteiger partial charge >= 0.3 is 12.6 Å². The van der Waals surface area contributed by atoms with Crippen molar-refractivity contribution in [2.45, 2.75) is 45.4 Å². The molecule has 1 amide bonds. The van der Waals surface area contributed by atoms with Crippen molar-refractivity contribution in [3.05, 3.63) is 42.9 Å². The largest absolute Gasteiger partial charge is 0.444 e. The van der Waals surface area contributed by atoms with Crippen molar-refractivity contribution >= 4 is 11.8 Å². The van der Waals surface area contributed by atoms with Crippen molar-refractivity contribution in [1.29, 1.82) is 0 Å². The number of nitrogen functional groups attached to an aromatic ring is 1. The summed E-state index contributed by atoms with van der Waals surface area (Å²) in [6.45, 7) is 6.10. The number of amides is 1. The predicted molar refractivity (Wildman–Crippen MR) is 98.0 cm³/mol. The first-order valence-corrected chi connectivity index (χ1v) is 8.30. The molecule has 2 aromatic heterocycles. The molecule has 0 aliphatic heterocycles. The first-order valence-electron chi connectivity index (χ1n) is 8.30. The van der Waals surface area contributed by atoms with E-state index in [0.717, 1.165) is 0 Å². The van der Waals surface area contributed by atoms with Crippen LogP contribution in [0.4, 0.5) is 19.3 Å². The molecule has 2 heterocycles. The van der Waals surface area contributed by atoms with Crippen LogP contribution in [0, 0.1) is 0 Å². The molecule has 9 heteroatoms. The number of rotatable bonds is 6. The van der Waals surface area contributed by atoms with Crippen LogP contribution in [0.5, 0.6) is 0 Å². The molecule has 3 N–H and O–H groups in total. The Morgan fingerprint density at radius 3 is 2.78 bits per heavy atom. The van der Waals surface area contributed by atoms with Crippen LogP contribution < -0.4 is 11.1 Å². The molecule has 0 aliphatic carbocycles. The highest BCUT2D eigenvalue weighted by Gasteiger charge is 2.22. The number of hydrogen-bond acceptors (Lipinski definition) is 5. The number of aromatic nitrogens is 3. The summed E-state index contributed by atoms with van der Waals surface area (Å²) >= 11 is 0. The lowest BCUT2D eigenvalue weighted by Crippen LogP contribution is -2.35. The second-order valence-corrected chi connectivity index (χ2v) is 6.86. The van der Waals surface area contributed by atoms with E-state index in [1.807, 2.05) is 0 Å². The van der Waals surface area contributed by atoms with E-state index in [0.29, 0.717) is 22.4 Å². The summed E-state index contributed by atoms with van der Waals surface area (Å²) < 4.78 is 32.2. The zero-order valence-electron chi connectivity index (χ0n) is 15.4. The van der Waals surface area contributed by atoms with Crippen molar-refractivity contribution in [3.8, 4) is 11.3 Å². The average Bonchev–Trinajstić information content (AvgIpc) is 2.95. The predicted octanol–water partition coefficient (Wildman–Crippen LogP) is 4.06. The summed E-state index contributed by atoms with van der Waals surface area (Å²) in [6, 6.07) is 2.59. The zero-order chi connectivity index (χ0) is 20.2. The number of nitrogens with two attached hydrogens (primary N) is 1. The molecular weight excluding hydrogens is 356 g/mol. The summed E-state index contributed by atoms with van der Waals surface area (Å²) in [6.07, 6.45) is 4.01. The van der Waals surface area contributed by atoms with Crippen molar-refractivity contribution in [2.75, 3.05) is 5.73 Å². The lowest BCUT2D eigenvalue weighted by molar-refractivity contribution is 0.0502. The van der Waals surface area contributed by atoms with Gasteiger partial charge in [-0.3, -0.25) is 4.98 Å². The summed E-state index contributed by atoms with van der Waals surface area (Å²) in [5.74, 6) is 0. The van der Waals surface area contributed by atoms with Crippen LogP contribution in [0.1, 0.15) is 45.5 Å². The summed E-state index contributed by atoms with van der Waals surface area (Å²) in [4.78, 5) is 16.3. The molecule has 2 aromatic rings. The number of nitrogens with one attached hydrogen (secondary N) is 1. The molecule has 1 unspecified atom stereocenters. The number of carbonyl (C=O) groups is 1. The van der Waals surface area contributed by atoms with E-state index in [1.54, 1.807) is 39.0 Å². The fraction of sp³-hybridized carbons (Fsp3) is 0.389. The van der Waals surface area contributed by atoms with Crippen LogP contribution in [0.3, 0.4) is 0 Å². The van der Waals surface area contributed by atoms with Gasteiger partial charge in [0.05, 0.1) is 29.3 Å². The number of alkyl carbamates (subject to hydrolysis) is 1. The van der Waals surface area contributed by atoms with Crippen LogP contribution in [0.15, 0.2) is 37.2 Å². The van der Waals surface area contributed by atoms with Gasteiger partial charge in [-0.15, -0.1) is 6.58 Å². The van der Waals surface area contributed by atoms with E-state index in [-0.39, 0.29) is 11.4 Å². The van der Waals surface area contributed by atoms with Crippen LogP contribution in [0.25, 0.3) is 11.3 Å². The maximum Gasteiger partial charge on any atom is 0.408 e. The van der Waals surface area contributed by atoms with Crippen LogP contribution in [0.2, 0.25) is 0 Å². The number of hydrogen-bond donors (Lipinski definition) is 2. The maximum absolute atomic E-state index is 13.2. The van der Waals surface area contributed by atoms with E-state index in [9.17, 15) is 13.6 Å². The molecule has 0 radical (unpaired) electrons. The van der Waals surface area contributed by atoms with Crippen LogP contribution in [-0.4, -0.2) is 26.5 Å². The molecule has 146 valence electrons. The summed E-state index contributed by atoms with van der Waals surface area (Å²) in [5, 5.41) is 6.33. The van der Waals surface area contributed by atoms with E-state index in [4.69, 9.17) is 10.5 Å². The Labute approximate surface area is 156 Å². The maximum atomic E-state index is 13.2. The van der Waals surface area contributed by atoms with Gasteiger partial charge in [0.1, 0.15) is 5.60 Å². The van der Waals surface area contributed by atoms with E-state index >= 15 is 0 Å². The molecule has 1 atom stereocenters. The van der Waals surface area contributed by atoms with Crippen molar-refractivity contribution in [1.82, 2.24) is 20.1 Å². The Bertz CT molecular complexity index is 814. The van der Waals surface area contributed by atoms with Gasteiger partial charge in [-0.05, 0) is 39.3 Å². The number of carbonyl (C=O) groups excluding carboxylic acids is 1. The highest BCUT2D eigenvalue weighted by Crippen LogP contribution is 2.30. The fourth-order valence-corrected chi connectivity index (χ4v) is 2.48. The van der Waals surface area contributed by atoms with E-state index < -0.39 is 24.3 Å². The Balaban J connectivity index is 2.34. The summed E-state index contributed by atoms with van der Waals surface area (Å²) in [7, 11) is 0. The quantitative estimate of drug-likeness (QED) is 0.738. The number of ether oxygens (including phenoxy) is 1. The Kier molecular flexibility index (Phi) is 6.14. The monoisotopic (exact) mass is 379 g/mol. The number of halogens is 2. The van der Waals surface area contributed by atoms with Crippen LogP contribution in [-0.2, 0) is 4.74 Å². The third kappa shape index (κ3) is 5.25. The van der Waals surface area contributed by atoms with Crippen LogP contribution >= 0.6 is 0 Å². The second kappa shape index (κ2) is 8.15. The standard InChI is InChI=1S/C18H23F2N5O2/c1-5-6-13(24-17(26)27-18(2,3)4)14-9-11(7-8-22-14)15-12(21)10-23-25(15)16(19)20/h5,7-10,13,16H,1,6,21H2,2-4H3,(H,24,26). The molecule has 0 bridgehead atoms. The smallest absolute Gasteiger partial charge is 0.408 e. The minimum Gasteiger partial charge on any atom is -0.444 e. The minimum absolute atomic E-state index is 0.0864. The zero-order valence-corrected chi connectivity index (χ0v) is 15.4. The van der Waals surface area contributed by atoms with Gasteiger partial charge in [-0.1, -0.05) is 6.08 Å². The van der Waals surface area contributed by atoms with Gasteiger partial charge in [0.25, 0.3) is 0 Å². The number of pyridine rings is 1. The third-order valence-electron chi connectivity index (χ3n) is 3.51. The number of nitrogens with zero attached hydrogens (tertiary/aromatic N) is 3. The first kappa shape index (κ1) is 20.3. The van der Waals surface area contributed by atoms with Crippen molar-refractivity contribution in [3.63, 3.8) is 0 Å². The number of alkyl halides is 2. The fourth-order valence-electron chi connectivity index (χ4n) is 2.48. The normalized spacial score (nSPS) is 12.7. The molecule has 0 aliphatic rings. The molecule has 0 saturated heterocycles. The average molecular weight is 379 g/mol. The topological polar surface area (TPSA) is 95.1 Å².